The summed E-state index contributed by atoms with van der Waals surface area (Å²) in [6.07, 6.45) is 3.87. The fourth-order valence-electron chi connectivity index (χ4n) is 3.27. The van der Waals surface area contributed by atoms with E-state index in [0.717, 1.165) is 18.7 Å². The van der Waals surface area contributed by atoms with Gasteiger partial charge in [0.25, 0.3) is 0 Å². The van der Waals surface area contributed by atoms with Crippen LogP contribution in [0.2, 0.25) is 0 Å². The molecule has 1 fully saturated rings. The molecule has 0 saturated carbocycles. The zero-order valence-electron chi connectivity index (χ0n) is 15.5. The number of nitrogens with zero attached hydrogens (tertiary/aromatic N) is 1. The van der Waals surface area contributed by atoms with Gasteiger partial charge in [0.2, 0.25) is 0 Å². The summed E-state index contributed by atoms with van der Waals surface area (Å²) >= 11 is 0. The van der Waals surface area contributed by atoms with Crippen LogP contribution in [0, 0.1) is 0 Å². The van der Waals surface area contributed by atoms with Crippen LogP contribution in [0.25, 0.3) is 0 Å². The molecule has 2 aromatic rings. The van der Waals surface area contributed by atoms with Crippen molar-refractivity contribution in [3.8, 4) is 5.75 Å². The van der Waals surface area contributed by atoms with Crippen LogP contribution >= 0.6 is 0 Å². The number of carbonyl (C=O) groups excluding carboxylic acids is 1. The van der Waals surface area contributed by atoms with Crippen molar-refractivity contribution in [3.63, 3.8) is 0 Å². The van der Waals surface area contributed by atoms with E-state index >= 15 is 0 Å². The van der Waals surface area contributed by atoms with Crippen molar-refractivity contribution in [1.29, 1.82) is 0 Å². The molecule has 1 aliphatic heterocycles. The summed E-state index contributed by atoms with van der Waals surface area (Å²) < 4.78 is 5.17. The molecule has 1 atom stereocenters. The highest BCUT2D eigenvalue weighted by Crippen LogP contribution is 2.22. The minimum atomic E-state index is -0.231. The largest absolute Gasteiger partial charge is 0.497 e. The second kappa shape index (κ2) is 8.61. The van der Waals surface area contributed by atoms with Gasteiger partial charge in [-0.3, -0.25) is 0 Å². The summed E-state index contributed by atoms with van der Waals surface area (Å²) in [6, 6.07) is 15.5. The molecular formula is C21H27N3O2. The number of piperidine rings is 1. The van der Waals surface area contributed by atoms with Gasteiger partial charge in [0.1, 0.15) is 5.75 Å². The van der Waals surface area contributed by atoms with Crippen LogP contribution in [-0.2, 0) is 0 Å². The number of nitrogens with one attached hydrogen (secondary N) is 2. The van der Waals surface area contributed by atoms with Crippen molar-refractivity contribution in [2.45, 2.75) is 32.2 Å². The van der Waals surface area contributed by atoms with E-state index in [1.165, 1.54) is 24.9 Å². The van der Waals surface area contributed by atoms with Crippen LogP contribution < -0.4 is 20.3 Å². The van der Waals surface area contributed by atoms with E-state index in [1.807, 2.05) is 25.1 Å². The normalized spacial score (nSPS) is 15.2. The Morgan fingerprint density at radius 3 is 2.50 bits per heavy atom. The van der Waals surface area contributed by atoms with Crippen LogP contribution in [0.4, 0.5) is 16.2 Å². The van der Waals surface area contributed by atoms with Crippen LogP contribution in [0.5, 0.6) is 5.75 Å². The van der Waals surface area contributed by atoms with Crippen molar-refractivity contribution >= 4 is 17.4 Å². The van der Waals surface area contributed by atoms with Gasteiger partial charge < -0.3 is 20.3 Å². The molecule has 1 heterocycles. The van der Waals surface area contributed by atoms with E-state index in [9.17, 15) is 4.79 Å². The molecule has 0 bridgehead atoms. The molecule has 3 rings (SSSR count). The SMILES string of the molecule is COc1cccc(NC(=O)N[C@H](C)c2ccc(N3CCCCC3)cc2)c1. The Balaban J connectivity index is 1.56. The fourth-order valence-corrected chi connectivity index (χ4v) is 3.27. The summed E-state index contributed by atoms with van der Waals surface area (Å²) in [6.45, 7) is 4.26. The Morgan fingerprint density at radius 2 is 1.81 bits per heavy atom. The molecule has 2 amide bonds. The summed E-state index contributed by atoms with van der Waals surface area (Å²) in [5, 5.41) is 5.82. The molecule has 0 unspecified atom stereocenters. The zero-order chi connectivity index (χ0) is 18.4. The van der Waals surface area contributed by atoms with Gasteiger partial charge >= 0.3 is 6.03 Å². The van der Waals surface area contributed by atoms with Crippen molar-refractivity contribution < 1.29 is 9.53 Å². The lowest BCUT2D eigenvalue weighted by Gasteiger charge is -2.29. The standard InChI is InChI=1S/C21H27N3O2/c1-16(22-21(25)23-18-7-6-8-20(15-18)26-2)17-9-11-19(12-10-17)24-13-4-3-5-14-24/h6-12,15-16H,3-5,13-14H2,1-2H3,(H2,22,23,25)/t16-/m1/s1. The minimum Gasteiger partial charge on any atom is -0.497 e. The molecule has 0 aliphatic carbocycles. The third-order valence-electron chi connectivity index (χ3n) is 4.79. The Hall–Kier alpha value is -2.69. The first-order chi connectivity index (χ1) is 12.7. The predicted molar refractivity (Wildman–Crippen MR) is 106 cm³/mol. The number of methoxy groups -OCH3 is 1. The zero-order valence-corrected chi connectivity index (χ0v) is 15.5. The maximum atomic E-state index is 12.2. The summed E-state index contributed by atoms with van der Waals surface area (Å²) in [5.74, 6) is 0.712. The third kappa shape index (κ3) is 4.69. The molecule has 2 N–H and O–H groups in total. The second-order valence-corrected chi connectivity index (χ2v) is 6.69. The molecule has 26 heavy (non-hydrogen) atoms. The highest BCUT2D eigenvalue weighted by molar-refractivity contribution is 5.89. The first-order valence-corrected chi connectivity index (χ1v) is 9.22. The van der Waals surface area contributed by atoms with Crippen molar-refractivity contribution in [1.82, 2.24) is 5.32 Å². The van der Waals surface area contributed by atoms with Crippen molar-refractivity contribution in [2.75, 3.05) is 30.4 Å². The average molecular weight is 353 g/mol. The Labute approximate surface area is 155 Å². The van der Waals surface area contributed by atoms with Gasteiger partial charge in [-0.2, -0.15) is 0 Å². The Morgan fingerprint density at radius 1 is 1.08 bits per heavy atom. The summed E-state index contributed by atoms with van der Waals surface area (Å²) in [4.78, 5) is 14.7. The smallest absolute Gasteiger partial charge is 0.319 e. The van der Waals surface area contributed by atoms with E-state index in [-0.39, 0.29) is 12.1 Å². The summed E-state index contributed by atoms with van der Waals surface area (Å²) in [7, 11) is 1.61. The molecule has 138 valence electrons. The molecule has 0 radical (unpaired) electrons. The number of amides is 2. The first-order valence-electron chi connectivity index (χ1n) is 9.22. The van der Waals surface area contributed by atoms with Gasteiger partial charge in [0.15, 0.2) is 0 Å². The van der Waals surface area contributed by atoms with Crippen molar-refractivity contribution in [2.24, 2.45) is 0 Å². The quantitative estimate of drug-likeness (QED) is 0.828. The minimum absolute atomic E-state index is 0.0731. The molecule has 1 saturated heterocycles. The van der Waals surface area contributed by atoms with Gasteiger partial charge in [-0.15, -0.1) is 0 Å². The maximum absolute atomic E-state index is 12.2. The number of ether oxygens (including phenoxy) is 1. The molecule has 1 aliphatic rings. The van der Waals surface area contributed by atoms with Crippen LogP contribution in [0.3, 0.4) is 0 Å². The lowest BCUT2D eigenvalue weighted by molar-refractivity contribution is 0.249. The molecular weight excluding hydrogens is 326 g/mol. The van der Waals surface area contributed by atoms with E-state index in [2.05, 4.69) is 39.8 Å². The summed E-state index contributed by atoms with van der Waals surface area (Å²) in [5.41, 5.74) is 3.06. The highest BCUT2D eigenvalue weighted by Gasteiger charge is 2.13. The van der Waals surface area contributed by atoms with Crippen molar-refractivity contribution in [3.05, 3.63) is 54.1 Å². The lowest BCUT2D eigenvalue weighted by atomic mass is 10.1. The molecule has 2 aromatic carbocycles. The van der Waals surface area contributed by atoms with E-state index in [1.54, 1.807) is 13.2 Å². The third-order valence-corrected chi connectivity index (χ3v) is 4.79. The van der Waals surface area contributed by atoms with E-state index < -0.39 is 0 Å². The van der Waals surface area contributed by atoms with E-state index in [0.29, 0.717) is 11.4 Å². The Bertz CT molecular complexity index is 724. The lowest BCUT2D eigenvalue weighted by Crippen LogP contribution is -2.31. The number of hydrogen-bond acceptors (Lipinski definition) is 3. The molecule has 0 aromatic heterocycles. The maximum Gasteiger partial charge on any atom is 0.319 e. The average Bonchev–Trinajstić information content (AvgIpc) is 2.69. The van der Waals surface area contributed by atoms with Gasteiger partial charge in [-0.25, -0.2) is 4.79 Å². The number of benzene rings is 2. The number of hydrogen-bond donors (Lipinski definition) is 2. The van der Waals surface area contributed by atoms with Gasteiger partial charge in [-0.1, -0.05) is 18.2 Å². The molecule has 5 nitrogen and oxygen atoms in total. The predicted octanol–water partition coefficient (Wildman–Crippen LogP) is 4.57. The van der Waals surface area contributed by atoms with Crippen LogP contribution in [0.15, 0.2) is 48.5 Å². The number of urea groups is 1. The van der Waals surface area contributed by atoms with Crippen LogP contribution in [0.1, 0.15) is 37.8 Å². The first kappa shape index (κ1) is 18.1. The van der Waals surface area contributed by atoms with E-state index in [4.69, 9.17) is 4.74 Å². The van der Waals surface area contributed by atoms with Gasteiger partial charge in [0.05, 0.1) is 13.2 Å². The Kier molecular flexibility index (Phi) is 6.00. The van der Waals surface area contributed by atoms with Gasteiger partial charge in [-0.05, 0) is 56.0 Å². The number of carbonyl (C=O) groups is 1. The number of rotatable bonds is 5. The molecule has 0 spiro atoms. The second-order valence-electron chi connectivity index (χ2n) is 6.69. The highest BCUT2D eigenvalue weighted by atomic mass is 16.5. The monoisotopic (exact) mass is 353 g/mol. The number of anilines is 2. The van der Waals surface area contributed by atoms with Crippen LogP contribution in [-0.4, -0.2) is 26.2 Å². The molecule has 5 heteroatoms. The van der Waals surface area contributed by atoms with Gasteiger partial charge in [0, 0.05) is 30.5 Å². The topological polar surface area (TPSA) is 53.6 Å². The fraction of sp³-hybridized carbons (Fsp3) is 0.381.